The number of nitrogens with one attached hydrogen (secondary N) is 3. The Balaban J connectivity index is 1.37. The Kier molecular flexibility index (Phi) is 10.6. The summed E-state index contributed by atoms with van der Waals surface area (Å²) in [7, 11) is -2.27. The van der Waals surface area contributed by atoms with Gasteiger partial charge in [-0.25, -0.2) is 8.42 Å². The molecular formula is C27H29N3O6S2. The third kappa shape index (κ3) is 9.49. The van der Waals surface area contributed by atoms with E-state index in [-0.39, 0.29) is 29.5 Å². The SMILES string of the molecule is COc1ccc(NS(=O)(=O)c2ccc(NC(=S)NC(=O)CCC(=O)OCCCc3ccccc3)cc2)cc1. The van der Waals surface area contributed by atoms with E-state index >= 15 is 0 Å². The van der Waals surface area contributed by atoms with E-state index in [1.165, 1.54) is 36.9 Å². The number of carbonyl (C=O) groups is 2. The van der Waals surface area contributed by atoms with Crippen molar-refractivity contribution in [1.29, 1.82) is 0 Å². The Morgan fingerprint density at radius 3 is 2.18 bits per heavy atom. The zero-order chi connectivity index (χ0) is 27.4. The van der Waals surface area contributed by atoms with Crippen LogP contribution < -0.4 is 20.1 Å². The molecule has 0 aliphatic carbocycles. The topological polar surface area (TPSA) is 123 Å². The minimum atomic E-state index is -3.80. The largest absolute Gasteiger partial charge is 0.497 e. The molecule has 3 aromatic rings. The highest BCUT2D eigenvalue weighted by molar-refractivity contribution is 7.92. The number of hydrogen-bond acceptors (Lipinski definition) is 7. The highest BCUT2D eigenvalue weighted by atomic mass is 32.2. The predicted octanol–water partition coefficient (Wildman–Crippen LogP) is 4.27. The second kappa shape index (κ2) is 14.1. The smallest absolute Gasteiger partial charge is 0.306 e. The van der Waals surface area contributed by atoms with Crippen LogP contribution in [0.5, 0.6) is 5.75 Å². The number of sulfonamides is 1. The number of thiocarbonyl (C=S) groups is 1. The van der Waals surface area contributed by atoms with Crippen molar-refractivity contribution < 1.29 is 27.5 Å². The van der Waals surface area contributed by atoms with E-state index in [1.807, 2.05) is 30.3 Å². The normalized spacial score (nSPS) is 10.8. The summed E-state index contributed by atoms with van der Waals surface area (Å²) in [6.45, 7) is 0.288. The van der Waals surface area contributed by atoms with Gasteiger partial charge in [0, 0.05) is 17.8 Å². The van der Waals surface area contributed by atoms with Crippen LogP contribution in [0, 0.1) is 0 Å². The summed E-state index contributed by atoms with van der Waals surface area (Å²) >= 11 is 5.14. The van der Waals surface area contributed by atoms with Crippen LogP contribution in [0.3, 0.4) is 0 Å². The zero-order valence-electron chi connectivity index (χ0n) is 20.8. The van der Waals surface area contributed by atoms with Crippen LogP contribution in [0.15, 0.2) is 83.8 Å². The number of aryl methyl sites for hydroxylation is 1. The van der Waals surface area contributed by atoms with Crippen LogP contribution in [-0.2, 0) is 30.8 Å². The van der Waals surface area contributed by atoms with Crippen molar-refractivity contribution in [2.75, 3.05) is 23.8 Å². The Hall–Kier alpha value is -3.96. The van der Waals surface area contributed by atoms with Gasteiger partial charge >= 0.3 is 5.97 Å². The monoisotopic (exact) mass is 555 g/mol. The molecule has 0 radical (unpaired) electrons. The van der Waals surface area contributed by atoms with Crippen LogP contribution in [0.1, 0.15) is 24.8 Å². The van der Waals surface area contributed by atoms with Crippen molar-refractivity contribution in [3.05, 3.63) is 84.4 Å². The molecular weight excluding hydrogens is 526 g/mol. The first kappa shape index (κ1) is 28.6. The molecule has 0 fully saturated rings. The van der Waals surface area contributed by atoms with Crippen LogP contribution in [0.2, 0.25) is 0 Å². The molecule has 200 valence electrons. The molecule has 3 rings (SSSR count). The molecule has 0 bridgehead atoms. The first-order valence-corrected chi connectivity index (χ1v) is 13.7. The number of rotatable bonds is 12. The number of ether oxygens (including phenoxy) is 2. The summed E-state index contributed by atoms with van der Waals surface area (Å²) in [5, 5.41) is 5.33. The minimum absolute atomic E-state index is 0.0261. The Labute approximate surface area is 227 Å². The molecule has 0 saturated carbocycles. The van der Waals surface area contributed by atoms with Gasteiger partial charge in [-0.1, -0.05) is 30.3 Å². The summed E-state index contributed by atoms with van der Waals surface area (Å²) in [6.07, 6.45) is 1.37. The quantitative estimate of drug-likeness (QED) is 0.172. The molecule has 9 nitrogen and oxygen atoms in total. The number of esters is 1. The molecule has 0 aliphatic heterocycles. The average molecular weight is 556 g/mol. The van der Waals surface area contributed by atoms with Crippen LogP contribution in [0.4, 0.5) is 11.4 Å². The number of amides is 1. The lowest BCUT2D eigenvalue weighted by atomic mass is 10.1. The molecule has 3 aromatic carbocycles. The molecule has 11 heteroatoms. The van der Waals surface area contributed by atoms with E-state index < -0.39 is 21.9 Å². The fourth-order valence-corrected chi connectivity index (χ4v) is 4.63. The fraction of sp³-hybridized carbons (Fsp3) is 0.222. The molecule has 38 heavy (non-hydrogen) atoms. The number of carbonyl (C=O) groups excluding carboxylic acids is 2. The van der Waals surface area contributed by atoms with Crippen molar-refractivity contribution in [3.63, 3.8) is 0 Å². The lowest BCUT2D eigenvalue weighted by Gasteiger charge is -2.11. The molecule has 0 saturated heterocycles. The molecule has 0 heterocycles. The van der Waals surface area contributed by atoms with Crippen molar-refractivity contribution >= 4 is 50.6 Å². The lowest BCUT2D eigenvalue weighted by Crippen LogP contribution is -2.34. The average Bonchev–Trinajstić information content (AvgIpc) is 2.91. The van der Waals surface area contributed by atoms with Crippen LogP contribution in [-0.4, -0.2) is 39.1 Å². The summed E-state index contributed by atoms with van der Waals surface area (Å²) < 4.78 is 38.0. The van der Waals surface area contributed by atoms with Gasteiger partial charge in [0.2, 0.25) is 5.91 Å². The van der Waals surface area contributed by atoms with Gasteiger partial charge in [-0.05, 0) is 79.2 Å². The van der Waals surface area contributed by atoms with Crippen LogP contribution in [0.25, 0.3) is 0 Å². The van der Waals surface area contributed by atoms with Gasteiger partial charge in [-0.15, -0.1) is 0 Å². The lowest BCUT2D eigenvalue weighted by molar-refractivity contribution is -0.145. The van der Waals surface area contributed by atoms with Crippen LogP contribution >= 0.6 is 12.2 Å². The first-order chi connectivity index (χ1) is 18.2. The van der Waals surface area contributed by atoms with E-state index in [0.29, 0.717) is 23.5 Å². The van der Waals surface area contributed by atoms with E-state index in [1.54, 1.807) is 24.3 Å². The van der Waals surface area contributed by atoms with E-state index in [0.717, 1.165) is 6.42 Å². The number of anilines is 2. The molecule has 3 N–H and O–H groups in total. The van der Waals surface area contributed by atoms with Gasteiger partial charge in [-0.2, -0.15) is 0 Å². The van der Waals surface area contributed by atoms with Crippen molar-refractivity contribution in [2.24, 2.45) is 0 Å². The molecule has 0 aliphatic rings. The van der Waals surface area contributed by atoms with Crippen molar-refractivity contribution in [3.8, 4) is 5.75 Å². The van der Waals surface area contributed by atoms with Gasteiger partial charge in [0.1, 0.15) is 5.75 Å². The Morgan fingerprint density at radius 1 is 0.868 bits per heavy atom. The number of benzene rings is 3. The van der Waals surface area contributed by atoms with Gasteiger partial charge in [0.15, 0.2) is 5.11 Å². The third-order valence-electron chi connectivity index (χ3n) is 5.29. The maximum atomic E-state index is 12.6. The maximum Gasteiger partial charge on any atom is 0.306 e. The molecule has 0 aromatic heterocycles. The number of hydrogen-bond donors (Lipinski definition) is 3. The molecule has 0 unspecified atom stereocenters. The highest BCUT2D eigenvalue weighted by Crippen LogP contribution is 2.20. The van der Waals surface area contributed by atoms with Gasteiger partial charge in [0.25, 0.3) is 10.0 Å². The second-order valence-corrected chi connectivity index (χ2v) is 10.3. The maximum absolute atomic E-state index is 12.6. The summed E-state index contributed by atoms with van der Waals surface area (Å²) in [4.78, 5) is 24.1. The standard InChI is InChI=1S/C27H29N3O6S2/c1-35-23-13-9-22(10-14-23)30-38(33,34)24-15-11-21(12-16-24)28-27(37)29-25(31)17-18-26(32)36-19-5-8-20-6-3-2-4-7-20/h2-4,6-7,9-16,30H,5,8,17-19H2,1H3,(H2,28,29,31,37). The summed E-state index contributed by atoms with van der Waals surface area (Å²) in [5.74, 6) is -0.278. The van der Waals surface area contributed by atoms with Gasteiger partial charge in [0.05, 0.1) is 25.0 Å². The fourth-order valence-electron chi connectivity index (χ4n) is 3.34. The van der Waals surface area contributed by atoms with E-state index in [9.17, 15) is 18.0 Å². The van der Waals surface area contributed by atoms with E-state index in [4.69, 9.17) is 21.7 Å². The molecule has 1 amide bonds. The Morgan fingerprint density at radius 2 is 1.53 bits per heavy atom. The van der Waals surface area contributed by atoms with E-state index in [2.05, 4.69) is 15.4 Å². The summed E-state index contributed by atoms with van der Waals surface area (Å²) in [5.41, 5.74) is 2.05. The Bertz CT molecular complexity index is 1330. The second-order valence-electron chi connectivity index (χ2n) is 8.17. The third-order valence-corrected chi connectivity index (χ3v) is 6.89. The number of methoxy groups -OCH3 is 1. The van der Waals surface area contributed by atoms with Crippen molar-refractivity contribution in [2.45, 2.75) is 30.6 Å². The van der Waals surface area contributed by atoms with Crippen molar-refractivity contribution in [1.82, 2.24) is 5.32 Å². The predicted molar refractivity (Wildman–Crippen MR) is 150 cm³/mol. The van der Waals surface area contributed by atoms with Gasteiger partial charge < -0.3 is 20.1 Å². The first-order valence-electron chi connectivity index (χ1n) is 11.8. The highest BCUT2D eigenvalue weighted by Gasteiger charge is 2.15. The molecule has 0 atom stereocenters. The summed E-state index contributed by atoms with van der Waals surface area (Å²) in [6, 6.07) is 22.2. The zero-order valence-corrected chi connectivity index (χ0v) is 22.4. The molecule has 0 spiro atoms. The van der Waals surface area contributed by atoms with Gasteiger partial charge in [-0.3, -0.25) is 14.3 Å². The minimum Gasteiger partial charge on any atom is -0.497 e.